The number of hydrogen-bond donors (Lipinski definition) is 2. The van der Waals surface area contributed by atoms with Gasteiger partial charge in [0.2, 0.25) is 0 Å². The molecule has 0 bridgehead atoms. The highest BCUT2D eigenvalue weighted by Crippen LogP contribution is 2.36. The van der Waals surface area contributed by atoms with Crippen molar-refractivity contribution >= 4 is 17.1 Å². The molecule has 116 valence electrons. The first kappa shape index (κ1) is 15.2. The largest absolute Gasteiger partial charge is 0.397 e. The first-order valence-corrected chi connectivity index (χ1v) is 7.96. The van der Waals surface area contributed by atoms with E-state index in [-0.39, 0.29) is 0 Å². The summed E-state index contributed by atoms with van der Waals surface area (Å²) in [6, 6.07) is 24.8. The molecule has 0 aliphatic rings. The van der Waals surface area contributed by atoms with Gasteiger partial charge in [-0.2, -0.15) is 0 Å². The third kappa shape index (κ3) is 3.21. The summed E-state index contributed by atoms with van der Waals surface area (Å²) >= 11 is 0. The Morgan fingerprint density at radius 2 is 1.48 bits per heavy atom. The molecule has 3 aromatic carbocycles. The minimum atomic E-state index is 0.448. The van der Waals surface area contributed by atoms with Crippen LogP contribution in [0.5, 0.6) is 0 Å². The Hall–Kier alpha value is -2.74. The first-order valence-electron chi connectivity index (χ1n) is 7.96. The van der Waals surface area contributed by atoms with Crippen LogP contribution in [0.4, 0.5) is 17.1 Å². The summed E-state index contributed by atoms with van der Waals surface area (Å²) in [6.45, 7) is 4.40. The summed E-state index contributed by atoms with van der Waals surface area (Å²) in [7, 11) is 0. The van der Waals surface area contributed by atoms with E-state index in [0.717, 1.165) is 28.2 Å². The molecule has 0 aliphatic carbocycles. The molecule has 0 unspecified atom stereocenters. The van der Waals surface area contributed by atoms with E-state index in [1.165, 1.54) is 5.56 Å². The lowest BCUT2D eigenvalue weighted by atomic mass is 9.99. The quantitative estimate of drug-likeness (QED) is 0.597. The van der Waals surface area contributed by atoms with Crippen molar-refractivity contribution in [3.63, 3.8) is 0 Å². The van der Waals surface area contributed by atoms with Crippen LogP contribution in [0.25, 0.3) is 11.1 Å². The smallest absolute Gasteiger partial charge is 0.0697 e. The van der Waals surface area contributed by atoms with Gasteiger partial charge in [-0.15, -0.1) is 0 Å². The number of anilines is 3. The number of benzene rings is 3. The number of rotatable bonds is 4. The standard InChI is InChI=1S/C21H22N2/c1-15(2)17-11-6-7-14-20(17)23-21-18(12-8-13-19(21)22)16-9-4-3-5-10-16/h3-15,23H,22H2,1-2H3. The van der Waals surface area contributed by atoms with Crippen LogP contribution >= 0.6 is 0 Å². The SMILES string of the molecule is CC(C)c1ccccc1Nc1c(N)cccc1-c1ccccc1. The van der Waals surface area contributed by atoms with Crippen molar-refractivity contribution in [3.8, 4) is 11.1 Å². The molecule has 0 saturated heterocycles. The van der Waals surface area contributed by atoms with Crippen LogP contribution in [0, 0.1) is 0 Å². The number of nitrogens with one attached hydrogen (secondary N) is 1. The van der Waals surface area contributed by atoms with E-state index in [1.807, 2.05) is 30.3 Å². The molecule has 3 aromatic rings. The van der Waals surface area contributed by atoms with E-state index in [2.05, 4.69) is 61.6 Å². The van der Waals surface area contributed by atoms with Gasteiger partial charge in [0, 0.05) is 11.3 Å². The maximum atomic E-state index is 6.27. The van der Waals surface area contributed by atoms with Crippen LogP contribution < -0.4 is 11.1 Å². The van der Waals surface area contributed by atoms with Crippen LogP contribution in [-0.2, 0) is 0 Å². The summed E-state index contributed by atoms with van der Waals surface area (Å²) in [4.78, 5) is 0. The average Bonchev–Trinajstić information content (AvgIpc) is 2.58. The average molecular weight is 302 g/mol. The Balaban J connectivity index is 2.08. The van der Waals surface area contributed by atoms with Gasteiger partial charge in [-0.3, -0.25) is 0 Å². The van der Waals surface area contributed by atoms with Crippen molar-refractivity contribution in [1.29, 1.82) is 0 Å². The summed E-state index contributed by atoms with van der Waals surface area (Å²) in [5.74, 6) is 0.448. The molecule has 23 heavy (non-hydrogen) atoms. The zero-order valence-electron chi connectivity index (χ0n) is 13.6. The second-order valence-corrected chi connectivity index (χ2v) is 6.00. The summed E-state index contributed by atoms with van der Waals surface area (Å²) < 4.78 is 0. The van der Waals surface area contributed by atoms with E-state index >= 15 is 0 Å². The van der Waals surface area contributed by atoms with Gasteiger partial charge >= 0.3 is 0 Å². The lowest BCUT2D eigenvalue weighted by molar-refractivity contribution is 0.869. The van der Waals surface area contributed by atoms with Gasteiger partial charge in [0.15, 0.2) is 0 Å². The molecule has 0 atom stereocenters. The van der Waals surface area contributed by atoms with Gasteiger partial charge in [0.05, 0.1) is 11.4 Å². The Labute approximate surface area is 138 Å². The molecule has 0 heterocycles. The van der Waals surface area contributed by atoms with E-state index in [4.69, 9.17) is 5.73 Å². The normalized spacial score (nSPS) is 10.7. The van der Waals surface area contributed by atoms with Crippen molar-refractivity contribution in [2.24, 2.45) is 0 Å². The molecule has 0 fully saturated rings. The molecule has 0 radical (unpaired) electrons. The van der Waals surface area contributed by atoms with Crippen LogP contribution in [0.1, 0.15) is 25.3 Å². The monoisotopic (exact) mass is 302 g/mol. The van der Waals surface area contributed by atoms with Crippen LogP contribution in [0.15, 0.2) is 72.8 Å². The molecule has 0 aromatic heterocycles. The van der Waals surface area contributed by atoms with Gasteiger partial charge in [-0.1, -0.05) is 74.5 Å². The fourth-order valence-electron chi connectivity index (χ4n) is 2.82. The number of hydrogen-bond acceptors (Lipinski definition) is 2. The van der Waals surface area contributed by atoms with Crippen LogP contribution in [0.3, 0.4) is 0 Å². The zero-order valence-corrected chi connectivity index (χ0v) is 13.6. The Morgan fingerprint density at radius 3 is 2.22 bits per heavy atom. The summed E-state index contributed by atoms with van der Waals surface area (Å²) in [6.07, 6.45) is 0. The molecule has 0 saturated carbocycles. The summed E-state index contributed by atoms with van der Waals surface area (Å²) in [5.41, 5.74) is 12.7. The van der Waals surface area contributed by atoms with E-state index in [9.17, 15) is 0 Å². The Bertz CT molecular complexity index is 792. The van der Waals surface area contributed by atoms with Crippen LogP contribution in [0.2, 0.25) is 0 Å². The van der Waals surface area contributed by atoms with Gasteiger partial charge in [0.25, 0.3) is 0 Å². The molecule has 2 nitrogen and oxygen atoms in total. The highest BCUT2D eigenvalue weighted by atomic mass is 14.9. The fourth-order valence-corrected chi connectivity index (χ4v) is 2.82. The molecule has 0 amide bonds. The maximum Gasteiger partial charge on any atom is 0.0697 e. The van der Waals surface area contributed by atoms with E-state index in [0.29, 0.717) is 5.92 Å². The van der Waals surface area contributed by atoms with Crippen molar-refractivity contribution in [3.05, 3.63) is 78.4 Å². The molecule has 0 spiro atoms. The number of nitrogens with two attached hydrogens (primary N) is 1. The highest BCUT2D eigenvalue weighted by Gasteiger charge is 2.11. The second-order valence-electron chi connectivity index (χ2n) is 6.00. The lowest BCUT2D eigenvalue weighted by Crippen LogP contribution is -2.02. The predicted molar refractivity (Wildman–Crippen MR) is 100 cm³/mol. The molecular weight excluding hydrogens is 280 g/mol. The molecular formula is C21H22N2. The van der Waals surface area contributed by atoms with E-state index in [1.54, 1.807) is 0 Å². The number of nitrogen functional groups attached to an aromatic ring is 1. The third-order valence-electron chi connectivity index (χ3n) is 4.02. The second kappa shape index (κ2) is 6.57. The molecule has 2 heteroatoms. The topological polar surface area (TPSA) is 38.0 Å². The molecule has 3 rings (SSSR count). The zero-order chi connectivity index (χ0) is 16.2. The van der Waals surface area contributed by atoms with Gasteiger partial charge in [-0.25, -0.2) is 0 Å². The van der Waals surface area contributed by atoms with E-state index < -0.39 is 0 Å². The number of para-hydroxylation sites is 2. The Kier molecular flexibility index (Phi) is 4.33. The van der Waals surface area contributed by atoms with Crippen molar-refractivity contribution in [2.45, 2.75) is 19.8 Å². The molecule has 0 aliphatic heterocycles. The predicted octanol–water partition coefficient (Wildman–Crippen LogP) is 5.80. The van der Waals surface area contributed by atoms with Gasteiger partial charge in [-0.05, 0) is 29.2 Å². The minimum absolute atomic E-state index is 0.448. The Morgan fingerprint density at radius 1 is 0.783 bits per heavy atom. The first-order chi connectivity index (χ1) is 11.2. The summed E-state index contributed by atoms with van der Waals surface area (Å²) in [5, 5.41) is 3.56. The third-order valence-corrected chi connectivity index (χ3v) is 4.02. The fraction of sp³-hybridized carbons (Fsp3) is 0.143. The lowest BCUT2D eigenvalue weighted by Gasteiger charge is -2.18. The minimum Gasteiger partial charge on any atom is -0.397 e. The maximum absolute atomic E-state index is 6.27. The highest BCUT2D eigenvalue weighted by molar-refractivity contribution is 5.89. The van der Waals surface area contributed by atoms with Gasteiger partial charge in [0.1, 0.15) is 0 Å². The van der Waals surface area contributed by atoms with Crippen LogP contribution in [-0.4, -0.2) is 0 Å². The molecule has 3 N–H and O–H groups in total. The van der Waals surface area contributed by atoms with Crippen molar-refractivity contribution in [1.82, 2.24) is 0 Å². The van der Waals surface area contributed by atoms with Crippen molar-refractivity contribution < 1.29 is 0 Å². The van der Waals surface area contributed by atoms with Crippen molar-refractivity contribution in [2.75, 3.05) is 11.1 Å². The van der Waals surface area contributed by atoms with Gasteiger partial charge < -0.3 is 11.1 Å².